The Morgan fingerprint density at radius 2 is 1.73 bits per heavy atom. The molecule has 0 saturated carbocycles. The van der Waals surface area contributed by atoms with Crippen molar-refractivity contribution in [1.29, 1.82) is 0 Å². The summed E-state index contributed by atoms with van der Waals surface area (Å²) in [7, 11) is 3.79. The second-order valence-corrected chi connectivity index (χ2v) is 8.51. The van der Waals surface area contributed by atoms with E-state index in [-0.39, 0.29) is 17.2 Å². The highest BCUT2D eigenvalue weighted by Gasteiger charge is 2.34. The van der Waals surface area contributed by atoms with Crippen molar-refractivity contribution in [2.24, 2.45) is 0 Å². The highest BCUT2D eigenvalue weighted by atomic mass is 19.4. The Hall–Kier alpha value is -4.39. The van der Waals surface area contributed by atoms with Gasteiger partial charge in [-0.25, -0.2) is 19.7 Å². The van der Waals surface area contributed by atoms with Crippen LogP contribution in [0.3, 0.4) is 0 Å². The Balaban J connectivity index is 1.42. The molecule has 0 fully saturated rings. The number of anilines is 4. The zero-order chi connectivity index (χ0) is 26.6. The van der Waals surface area contributed by atoms with E-state index in [1.165, 1.54) is 18.5 Å². The first kappa shape index (κ1) is 25.7. The van der Waals surface area contributed by atoms with Crippen molar-refractivity contribution in [3.8, 4) is 5.69 Å². The summed E-state index contributed by atoms with van der Waals surface area (Å²) in [6, 6.07) is 9.72. The molecule has 4 rings (SSSR count). The van der Waals surface area contributed by atoms with Gasteiger partial charge in [-0.3, -0.25) is 4.57 Å². The average molecular weight is 514 g/mol. The number of amides is 2. The van der Waals surface area contributed by atoms with Crippen LogP contribution in [-0.4, -0.2) is 57.6 Å². The molecule has 5 N–H and O–H groups in total. The van der Waals surface area contributed by atoms with Crippen LogP contribution in [0.4, 0.5) is 40.8 Å². The molecule has 10 nitrogen and oxygen atoms in total. The van der Waals surface area contributed by atoms with Crippen LogP contribution in [0.5, 0.6) is 0 Å². The topological polar surface area (TPSA) is 126 Å². The van der Waals surface area contributed by atoms with E-state index in [9.17, 15) is 18.0 Å². The molecule has 4 aromatic rings. The van der Waals surface area contributed by atoms with Gasteiger partial charge in [0.15, 0.2) is 17.0 Å². The number of fused-ring (bicyclic) bond motifs is 1. The fourth-order valence-corrected chi connectivity index (χ4v) is 3.67. The lowest BCUT2D eigenvalue weighted by molar-refractivity contribution is -0.136. The SMILES string of the molecule is CN(C)CCCNc1ccc(NC(=O)Nc2ccc(-n3cnc4c(N)ncnc43)cc2)cc1C(F)(F)F. The van der Waals surface area contributed by atoms with Crippen molar-refractivity contribution in [2.45, 2.75) is 12.6 Å². The molecule has 0 spiro atoms. The molecule has 0 saturated heterocycles. The van der Waals surface area contributed by atoms with Gasteiger partial charge in [0.2, 0.25) is 0 Å². The first-order chi connectivity index (χ1) is 17.6. The van der Waals surface area contributed by atoms with E-state index >= 15 is 0 Å². The molecular formula is C24H26F3N9O. The first-order valence-corrected chi connectivity index (χ1v) is 11.3. The van der Waals surface area contributed by atoms with Crippen LogP contribution < -0.4 is 21.7 Å². The summed E-state index contributed by atoms with van der Waals surface area (Å²) in [5, 5.41) is 7.90. The van der Waals surface area contributed by atoms with Crippen LogP contribution in [-0.2, 0) is 6.18 Å². The number of nitrogen functional groups attached to an aromatic ring is 1. The minimum atomic E-state index is -4.58. The van der Waals surface area contributed by atoms with Gasteiger partial charge in [0, 0.05) is 29.3 Å². The third kappa shape index (κ3) is 6.25. The number of halogens is 3. The molecule has 37 heavy (non-hydrogen) atoms. The van der Waals surface area contributed by atoms with E-state index in [0.717, 1.165) is 18.3 Å². The molecule has 0 aliphatic rings. The van der Waals surface area contributed by atoms with Crippen molar-refractivity contribution in [3.63, 3.8) is 0 Å². The van der Waals surface area contributed by atoms with E-state index < -0.39 is 17.8 Å². The monoisotopic (exact) mass is 513 g/mol. The number of hydrogen-bond donors (Lipinski definition) is 4. The molecule has 0 atom stereocenters. The van der Waals surface area contributed by atoms with Crippen LogP contribution in [0.25, 0.3) is 16.9 Å². The van der Waals surface area contributed by atoms with Crippen LogP contribution in [0, 0.1) is 0 Å². The molecule has 194 valence electrons. The lowest BCUT2D eigenvalue weighted by Gasteiger charge is -2.17. The maximum absolute atomic E-state index is 13.6. The van der Waals surface area contributed by atoms with E-state index in [2.05, 4.69) is 30.9 Å². The van der Waals surface area contributed by atoms with Crippen LogP contribution >= 0.6 is 0 Å². The number of nitrogens with one attached hydrogen (secondary N) is 3. The van der Waals surface area contributed by atoms with Gasteiger partial charge in [0.25, 0.3) is 0 Å². The second kappa shape index (κ2) is 10.7. The number of benzene rings is 2. The summed E-state index contributed by atoms with van der Waals surface area (Å²) in [5.74, 6) is 0.264. The Morgan fingerprint density at radius 3 is 2.43 bits per heavy atom. The predicted octanol–water partition coefficient (Wildman–Crippen LogP) is 4.42. The van der Waals surface area contributed by atoms with Crippen LogP contribution in [0.15, 0.2) is 55.1 Å². The van der Waals surface area contributed by atoms with Crippen molar-refractivity contribution in [1.82, 2.24) is 24.4 Å². The summed E-state index contributed by atoms with van der Waals surface area (Å²) >= 11 is 0. The third-order valence-electron chi connectivity index (χ3n) is 5.45. The van der Waals surface area contributed by atoms with E-state index in [0.29, 0.717) is 29.8 Å². The molecule has 0 radical (unpaired) electrons. The van der Waals surface area contributed by atoms with Gasteiger partial charge in [-0.15, -0.1) is 0 Å². The van der Waals surface area contributed by atoms with E-state index in [1.54, 1.807) is 35.2 Å². The largest absolute Gasteiger partial charge is 0.418 e. The zero-order valence-electron chi connectivity index (χ0n) is 20.2. The lowest BCUT2D eigenvalue weighted by atomic mass is 10.1. The van der Waals surface area contributed by atoms with Gasteiger partial charge >= 0.3 is 12.2 Å². The van der Waals surface area contributed by atoms with Gasteiger partial charge in [0.1, 0.15) is 12.7 Å². The number of carbonyl (C=O) groups excluding carboxylic acids is 1. The summed E-state index contributed by atoms with van der Waals surface area (Å²) in [6.07, 6.45) is -0.997. The van der Waals surface area contributed by atoms with Gasteiger partial charge in [-0.2, -0.15) is 13.2 Å². The van der Waals surface area contributed by atoms with E-state index in [4.69, 9.17) is 5.73 Å². The van der Waals surface area contributed by atoms with Crippen molar-refractivity contribution < 1.29 is 18.0 Å². The van der Waals surface area contributed by atoms with Gasteiger partial charge in [-0.05, 0) is 69.5 Å². The number of carbonyl (C=O) groups is 1. The third-order valence-corrected chi connectivity index (χ3v) is 5.45. The zero-order valence-corrected chi connectivity index (χ0v) is 20.2. The average Bonchev–Trinajstić information content (AvgIpc) is 3.28. The van der Waals surface area contributed by atoms with Crippen molar-refractivity contribution in [3.05, 3.63) is 60.7 Å². The van der Waals surface area contributed by atoms with Gasteiger partial charge in [-0.1, -0.05) is 0 Å². The maximum Gasteiger partial charge on any atom is 0.418 e. The number of hydrogen-bond acceptors (Lipinski definition) is 7. The minimum Gasteiger partial charge on any atom is -0.385 e. The standard InChI is InChI=1S/C24H26F3N9O/c1-35(2)11-3-10-29-19-9-6-16(12-18(19)24(25,26)27)34-23(37)33-15-4-7-17(8-5-15)36-14-32-20-21(28)30-13-31-22(20)36/h4-9,12-14,29H,3,10-11H2,1-2H3,(H2,28,30,31)(H2,33,34,37). The second-order valence-electron chi connectivity index (χ2n) is 8.51. The predicted molar refractivity (Wildman–Crippen MR) is 137 cm³/mol. The number of imidazole rings is 1. The number of nitrogens with zero attached hydrogens (tertiary/aromatic N) is 5. The Labute approximate surface area is 210 Å². The molecule has 2 heterocycles. The molecule has 2 aromatic carbocycles. The fourth-order valence-electron chi connectivity index (χ4n) is 3.67. The molecule has 13 heteroatoms. The van der Waals surface area contributed by atoms with Crippen LogP contribution in [0.1, 0.15) is 12.0 Å². The van der Waals surface area contributed by atoms with Gasteiger partial charge in [0.05, 0.1) is 5.56 Å². The Morgan fingerprint density at radius 1 is 1.03 bits per heavy atom. The van der Waals surface area contributed by atoms with Gasteiger partial charge < -0.3 is 26.6 Å². The molecule has 0 bridgehead atoms. The fraction of sp³-hybridized carbons (Fsp3) is 0.250. The lowest BCUT2D eigenvalue weighted by Crippen LogP contribution is -2.20. The molecule has 0 aliphatic heterocycles. The van der Waals surface area contributed by atoms with Crippen molar-refractivity contribution in [2.75, 3.05) is 48.9 Å². The number of nitrogens with two attached hydrogens (primary N) is 1. The summed E-state index contributed by atoms with van der Waals surface area (Å²) in [6.45, 7) is 1.14. The van der Waals surface area contributed by atoms with Crippen LogP contribution in [0.2, 0.25) is 0 Å². The highest BCUT2D eigenvalue weighted by Crippen LogP contribution is 2.36. The number of rotatable bonds is 8. The number of aromatic nitrogens is 4. The molecule has 0 aliphatic carbocycles. The molecule has 2 amide bonds. The van der Waals surface area contributed by atoms with E-state index in [1.807, 2.05) is 19.0 Å². The smallest absolute Gasteiger partial charge is 0.385 e. The normalized spacial score (nSPS) is 11.6. The minimum absolute atomic E-state index is 0.0162. The molecular weight excluding hydrogens is 487 g/mol. The Kier molecular flexibility index (Phi) is 7.43. The maximum atomic E-state index is 13.6. The summed E-state index contributed by atoms with van der Waals surface area (Å²) in [4.78, 5) is 26.7. The highest BCUT2D eigenvalue weighted by molar-refractivity contribution is 6.00. The molecule has 0 unspecified atom stereocenters. The molecule has 2 aromatic heterocycles. The quantitative estimate of drug-likeness (QED) is 0.257. The number of urea groups is 1. The summed E-state index contributed by atoms with van der Waals surface area (Å²) < 4.78 is 42.6. The Bertz CT molecular complexity index is 1380. The number of alkyl halides is 3. The first-order valence-electron chi connectivity index (χ1n) is 11.3. The summed E-state index contributed by atoms with van der Waals surface area (Å²) in [5.41, 5.74) is 7.11. The van der Waals surface area contributed by atoms with Crippen molar-refractivity contribution >= 4 is 40.1 Å².